The molecule has 0 unspecified atom stereocenters. The van der Waals surface area contributed by atoms with Crippen molar-refractivity contribution in [1.82, 2.24) is 9.97 Å². The summed E-state index contributed by atoms with van der Waals surface area (Å²) in [6.07, 6.45) is 3.84. The third-order valence-corrected chi connectivity index (χ3v) is 9.99. The van der Waals surface area contributed by atoms with Gasteiger partial charge in [-0.15, -0.1) is 0 Å². The smallest absolute Gasteiger partial charge is 0.0886 e. The summed E-state index contributed by atoms with van der Waals surface area (Å²) < 4.78 is 0. The molecule has 0 saturated heterocycles. The molecule has 1 aliphatic rings. The summed E-state index contributed by atoms with van der Waals surface area (Å²) in [5.74, 6) is 0. The highest BCUT2D eigenvalue weighted by atomic mass is 14.8. The van der Waals surface area contributed by atoms with Crippen LogP contribution in [0.5, 0.6) is 0 Å². The van der Waals surface area contributed by atoms with Crippen LogP contribution in [0.4, 0.5) is 0 Å². The second kappa shape index (κ2) is 10.6. The van der Waals surface area contributed by atoms with Crippen molar-refractivity contribution < 1.29 is 0 Å². The fourth-order valence-corrected chi connectivity index (χ4v) is 7.66. The molecule has 8 aromatic rings. The van der Waals surface area contributed by atoms with Crippen molar-refractivity contribution >= 4 is 21.5 Å². The summed E-state index contributed by atoms with van der Waals surface area (Å²) in [6.45, 7) is 4.72. The van der Waals surface area contributed by atoms with Gasteiger partial charge in [-0.1, -0.05) is 129 Å². The van der Waals surface area contributed by atoms with Gasteiger partial charge in [-0.05, 0) is 102 Å². The zero-order valence-electron chi connectivity index (χ0n) is 26.4. The van der Waals surface area contributed by atoms with E-state index in [1.54, 1.807) is 0 Å². The summed E-state index contributed by atoms with van der Waals surface area (Å²) in [6, 6.07) is 52.7. The highest BCUT2D eigenvalue weighted by molar-refractivity contribution is 6.22. The van der Waals surface area contributed by atoms with E-state index in [0.29, 0.717) is 0 Å². The van der Waals surface area contributed by atoms with Crippen LogP contribution < -0.4 is 0 Å². The van der Waals surface area contributed by atoms with Gasteiger partial charge in [0.1, 0.15) is 0 Å². The van der Waals surface area contributed by atoms with Gasteiger partial charge in [-0.2, -0.15) is 0 Å². The van der Waals surface area contributed by atoms with E-state index in [9.17, 15) is 0 Å². The average Bonchev–Trinajstić information content (AvgIpc) is 3.36. The van der Waals surface area contributed by atoms with Crippen LogP contribution in [-0.4, -0.2) is 9.97 Å². The zero-order chi connectivity index (χ0) is 31.5. The molecule has 2 nitrogen and oxygen atoms in total. The van der Waals surface area contributed by atoms with Gasteiger partial charge in [0.05, 0.1) is 11.4 Å². The molecule has 0 N–H and O–H groups in total. The largest absolute Gasteiger partial charge is 0.255 e. The highest BCUT2D eigenvalue weighted by Crippen LogP contribution is 2.53. The summed E-state index contributed by atoms with van der Waals surface area (Å²) in [7, 11) is 0. The first kappa shape index (κ1) is 27.5. The topological polar surface area (TPSA) is 25.8 Å². The Morgan fingerprint density at radius 3 is 1.72 bits per heavy atom. The first-order valence-electron chi connectivity index (χ1n) is 16.2. The van der Waals surface area contributed by atoms with Crippen molar-refractivity contribution in [2.75, 3.05) is 0 Å². The minimum atomic E-state index is -0.110. The molecule has 0 aliphatic heterocycles. The number of aromatic nitrogens is 2. The van der Waals surface area contributed by atoms with Gasteiger partial charge in [0.15, 0.2) is 0 Å². The van der Waals surface area contributed by atoms with Crippen molar-refractivity contribution in [3.05, 3.63) is 169 Å². The molecule has 0 amide bonds. The normalized spacial score (nSPS) is 13.1. The second-order valence-corrected chi connectivity index (χ2v) is 13.0. The molecule has 9 rings (SSSR count). The Balaban J connectivity index is 1.34. The van der Waals surface area contributed by atoms with Crippen LogP contribution in [-0.2, 0) is 5.41 Å². The summed E-state index contributed by atoms with van der Waals surface area (Å²) in [5, 5.41) is 4.97. The van der Waals surface area contributed by atoms with E-state index in [1.165, 1.54) is 71.6 Å². The van der Waals surface area contributed by atoms with Crippen LogP contribution in [0.15, 0.2) is 158 Å². The Labute approximate surface area is 275 Å². The Morgan fingerprint density at radius 1 is 0.404 bits per heavy atom. The standard InChI is InChI=1S/C45H32N2/c1-45(2)39-17-9-8-14-33(39)36-26-37-38(27-40(36)45)44(32-23-24-42(47-28-32)41-18-10-11-25-46-41)35-16-7-6-15-34(35)43(37)31-21-19-30(20-22-31)29-12-4-3-5-13-29/h3-28H,1-2H3. The van der Waals surface area contributed by atoms with Gasteiger partial charge >= 0.3 is 0 Å². The lowest BCUT2D eigenvalue weighted by Crippen LogP contribution is -2.14. The minimum absolute atomic E-state index is 0.110. The van der Waals surface area contributed by atoms with E-state index < -0.39 is 0 Å². The molecule has 6 aromatic carbocycles. The number of nitrogens with zero attached hydrogens (tertiary/aromatic N) is 2. The van der Waals surface area contributed by atoms with Gasteiger partial charge < -0.3 is 0 Å². The molecule has 2 heteroatoms. The summed E-state index contributed by atoms with van der Waals surface area (Å²) in [4.78, 5) is 9.46. The van der Waals surface area contributed by atoms with E-state index in [-0.39, 0.29) is 5.41 Å². The van der Waals surface area contributed by atoms with E-state index in [0.717, 1.165) is 17.0 Å². The van der Waals surface area contributed by atoms with E-state index in [4.69, 9.17) is 4.98 Å². The molecule has 0 spiro atoms. The van der Waals surface area contributed by atoms with Gasteiger partial charge in [-0.3, -0.25) is 9.97 Å². The van der Waals surface area contributed by atoms with E-state index in [1.807, 2.05) is 30.6 Å². The second-order valence-electron chi connectivity index (χ2n) is 13.0. The van der Waals surface area contributed by atoms with Crippen LogP contribution in [0.1, 0.15) is 25.0 Å². The highest BCUT2D eigenvalue weighted by Gasteiger charge is 2.36. The number of benzene rings is 6. The van der Waals surface area contributed by atoms with Crippen LogP contribution in [0, 0.1) is 0 Å². The lowest BCUT2D eigenvalue weighted by molar-refractivity contribution is 0.661. The predicted octanol–water partition coefficient (Wildman–Crippen LogP) is 11.8. The molecule has 0 fully saturated rings. The van der Waals surface area contributed by atoms with Crippen molar-refractivity contribution in [2.24, 2.45) is 0 Å². The van der Waals surface area contributed by atoms with E-state index >= 15 is 0 Å². The molecular formula is C45H32N2. The quantitative estimate of drug-likeness (QED) is 0.188. The Morgan fingerprint density at radius 2 is 1.00 bits per heavy atom. The summed E-state index contributed by atoms with van der Waals surface area (Å²) >= 11 is 0. The molecule has 47 heavy (non-hydrogen) atoms. The first-order valence-corrected chi connectivity index (χ1v) is 16.2. The lowest BCUT2D eigenvalue weighted by atomic mass is 9.79. The fraction of sp³-hybridized carbons (Fsp3) is 0.0667. The maximum atomic E-state index is 4.93. The average molecular weight is 601 g/mol. The molecule has 0 radical (unpaired) electrons. The third kappa shape index (κ3) is 4.33. The molecule has 0 atom stereocenters. The predicted molar refractivity (Wildman–Crippen MR) is 196 cm³/mol. The number of fused-ring (bicyclic) bond motifs is 5. The van der Waals surface area contributed by atoms with Gasteiger partial charge in [0, 0.05) is 23.4 Å². The van der Waals surface area contributed by atoms with Gasteiger partial charge in [0.2, 0.25) is 0 Å². The van der Waals surface area contributed by atoms with Crippen LogP contribution in [0.25, 0.3) is 77.4 Å². The number of hydrogen-bond acceptors (Lipinski definition) is 2. The maximum Gasteiger partial charge on any atom is 0.0886 e. The molecular weight excluding hydrogens is 569 g/mol. The Kier molecular flexibility index (Phi) is 6.20. The van der Waals surface area contributed by atoms with E-state index in [2.05, 4.69) is 146 Å². The van der Waals surface area contributed by atoms with Crippen molar-refractivity contribution in [2.45, 2.75) is 19.3 Å². The summed E-state index contributed by atoms with van der Waals surface area (Å²) in [5.41, 5.74) is 14.3. The number of pyridine rings is 2. The van der Waals surface area contributed by atoms with Crippen LogP contribution in [0.3, 0.4) is 0 Å². The van der Waals surface area contributed by atoms with Crippen LogP contribution >= 0.6 is 0 Å². The third-order valence-electron chi connectivity index (χ3n) is 9.99. The van der Waals surface area contributed by atoms with Gasteiger partial charge in [0.25, 0.3) is 0 Å². The van der Waals surface area contributed by atoms with Crippen molar-refractivity contribution in [3.63, 3.8) is 0 Å². The van der Waals surface area contributed by atoms with Crippen LogP contribution in [0.2, 0.25) is 0 Å². The Hall–Kier alpha value is -5.86. The molecule has 2 heterocycles. The molecule has 2 aromatic heterocycles. The Bertz CT molecular complexity index is 2440. The first-order chi connectivity index (χ1) is 23.1. The van der Waals surface area contributed by atoms with Gasteiger partial charge in [-0.25, -0.2) is 0 Å². The lowest BCUT2D eigenvalue weighted by Gasteiger charge is -2.24. The molecule has 0 saturated carbocycles. The molecule has 0 bridgehead atoms. The van der Waals surface area contributed by atoms with Crippen molar-refractivity contribution in [1.29, 1.82) is 0 Å². The SMILES string of the molecule is CC1(C)c2ccccc2-c2cc3c(-c4ccc(-c5ccccc5)cc4)c4ccccc4c(-c4ccc(-c5ccccn5)nc4)c3cc21. The van der Waals surface area contributed by atoms with Crippen molar-refractivity contribution in [3.8, 4) is 55.9 Å². The monoisotopic (exact) mass is 600 g/mol. The molecule has 1 aliphatic carbocycles. The fourth-order valence-electron chi connectivity index (χ4n) is 7.66. The maximum absolute atomic E-state index is 4.93. The number of hydrogen-bond donors (Lipinski definition) is 0. The zero-order valence-corrected chi connectivity index (χ0v) is 26.4. The molecule has 222 valence electrons. The number of rotatable bonds is 4. The minimum Gasteiger partial charge on any atom is -0.255 e.